The van der Waals surface area contributed by atoms with Crippen LogP contribution in [0.5, 0.6) is 0 Å². The van der Waals surface area contributed by atoms with E-state index in [9.17, 15) is 9.59 Å². The molecule has 0 aromatic carbocycles. The van der Waals surface area contributed by atoms with Gasteiger partial charge in [-0.3, -0.25) is 0 Å². The summed E-state index contributed by atoms with van der Waals surface area (Å²) in [5.74, 6) is -1.03. The van der Waals surface area contributed by atoms with E-state index in [2.05, 4.69) is 10.6 Å². The van der Waals surface area contributed by atoms with Crippen molar-refractivity contribution in [3.8, 4) is 0 Å². The molecule has 0 aliphatic rings. The van der Waals surface area contributed by atoms with Gasteiger partial charge in [-0.1, -0.05) is 6.92 Å². The molecule has 0 heterocycles. The van der Waals surface area contributed by atoms with Crippen molar-refractivity contribution in [2.24, 2.45) is 0 Å². The Hall–Kier alpha value is -1.34. The van der Waals surface area contributed by atoms with Crippen molar-refractivity contribution < 1.29 is 24.2 Å². The topological polar surface area (TPSA) is 96.9 Å². The molecule has 0 saturated heterocycles. The molecule has 0 aromatic rings. The van der Waals surface area contributed by atoms with E-state index in [-0.39, 0.29) is 0 Å². The zero-order chi connectivity index (χ0) is 13.8. The maximum atomic E-state index is 11.3. The summed E-state index contributed by atoms with van der Waals surface area (Å²) in [5.41, 5.74) is 0. The smallest absolute Gasteiger partial charge is 0.326 e. The number of carbonyl (C=O) groups excluding carboxylic acids is 1. The van der Waals surface area contributed by atoms with Gasteiger partial charge < -0.3 is 25.2 Å². The molecule has 0 aliphatic heterocycles. The van der Waals surface area contributed by atoms with Crippen LogP contribution < -0.4 is 10.6 Å². The number of rotatable bonds is 10. The minimum absolute atomic E-state index is 0.350. The summed E-state index contributed by atoms with van der Waals surface area (Å²) >= 11 is 0. The summed E-state index contributed by atoms with van der Waals surface area (Å²) in [6.07, 6.45) is 1.02. The lowest BCUT2D eigenvalue weighted by Gasteiger charge is -2.13. The van der Waals surface area contributed by atoms with E-state index in [4.69, 9.17) is 14.6 Å². The van der Waals surface area contributed by atoms with Crippen LogP contribution in [0.4, 0.5) is 4.79 Å². The largest absolute Gasteiger partial charge is 0.480 e. The van der Waals surface area contributed by atoms with E-state index in [1.165, 1.54) is 0 Å². The molecule has 1 unspecified atom stereocenters. The second-order valence-electron chi connectivity index (χ2n) is 3.66. The van der Waals surface area contributed by atoms with Crippen LogP contribution in [0, 0.1) is 0 Å². The maximum absolute atomic E-state index is 11.3. The number of aliphatic carboxylic acids is 1. The van der Waals surface area contributed by atoms with Crippen LogP contribution in [0.1, 0.15) is 19.8 Å². The minimum atomic E-state index is -1.03. The Balaban J connectivity index is 3.50. The first-order chi connectivity index (χ1) is 8.61. The maximum Gasteiger partial charge on any atom is 0.326 e. The average molecular weight is 262 g/mol. The number of hydrogen-bond acceptors (Lipinski definition) is 4. The quantitative estimate of drug-likeness (QED) is 0.489. The normalized spacial score (nSPS) is 11.9. The van der Waals surface area contributed by atoms with Gasteiger partial charge in [-0.15, -0.1) is 0 Å². The molecule has 3 N–H and O–H groups in total. The third-order valence-corrected chi connectivity index (χ3v) is 2.19. The van der Waals surface area contributed by atoms with E-state index in [1.807, 2.05) is 0 Å². The molecule has 0 saturated carbocycles. The highest BCUT2D eigenvalue weighted by atomic mass is 16.5. The lowest BCUT2D eigenvalue weighted by molar-refractivity contribution is -0.139. The molecule has 1 atom stereocenters. The fraction of sp³-hybridized carbons (Fsp3) is 0.818. The highest BCUT2D eigenvalue weighted by Crippen LogP contribution is 1.90. The van der Waals surface area contributed by atoms with Crippen molar-refractivity contribution >= 4 is 12.0 Å². The summed E-state index contributed by atoms with van der Waals surface area (Å²) in [7, 11) is 1.60. The van der Waals surface area contributed by atoms with Gasteiger partial charge in [0.2, 0.25) is 0 Å². The Bertz CT molecular complexity index is 248. The van der Waals surface area contributed by atoms with E-state index in [1.54, 1.807) is 14.0 Å². The summed E-state index contributed by atoms with van der Waals surface area (Å²) < 4.78 is 10.0. The Morgan fingerprint density at radius 2 is 2.00 bits per heavy atom. The average Bonchev–Trinajstić information content (AvgIpc) is 2.34. The van der Waals surface area contributed by atoms with Crippen molar-refractivity contribution in [3.05, 3.63) is 0 Å². The number of urea groups is 1. The summed E-state index contributed by atoms with van der Waals surface area (Å²) in [4.78, 5) is 22.0. The number of carboxylic acid groups (broad SMARTS) is 1. The van der Waals surface area contributed by atoms with Gasteiger partial charge in [-0.05, 0) is 12.8 Å². The predicted molar refractivity (Wildman–Crippen MR) is 65.6 cm³/mol. The first-order valence-electron chi connectivity index (χ1n) is 5.95. The third-order valence-electron chi connectivity index (χ3n) is 2.19. The van der Waals surface area contributed by atoms with Gasteiger partial charge in [0.25, 0.3) is 0 Å². The van der Waals surface area contributed by atoms with Gasteiger partial charge >= 0.3 is 12.0 Å². The molecule has 0 fully saturated rings. The van der Waals surface area contributed by atoms with Gasteiger partial charge in [0.05, 0.1) is 13.2 Å². The summed E-state index contributed by atoms with van der Waals surface area (Å²) in [6, 6.07) is -1.32. The first-order valence-corrected chi connectivity index (χ1v) is 5.95. The van der Waals surface area contributed by atoms with Crippen LogP contribution in [0.2, 0.25) is 0 Å². The number of methoxy groups -OCH3 is 1. The molecular weight excluding hydrogens is 240 g/mol. The van der Waals surface area contributed by atoms with Crippen LogP contribution in [0.3, 0.4) is 0 Å². The van der Waals surface area contributed by atoms with E-state index >= 15 is 0 Å². The Kier molecular flexibility index (Phi) is 9.99. The van der Waals surface area contributed by atoms with E-state index < -0.39 is 18.0 Å². The zero-order valence-electron chi connectivity index (χ0n) is 10.9. The molecule has 18 heavy (non-hydrogen) atoms. The Morgan fingerprint density at radius 3 is 2.56 bits per heavy atom. The predicted octanol–water partition coefficient (Wildman–Crippen LogP) is 0.202. The summed E-state index contributed by atoms with van der Waals surface area (Å²) in [6.45, 7) is 3.74. The van der Waals surface area contributed by atoms with Crippen LogP contribution in [-0.2, 0) is 14.3 Å². The number of amides is 2. The van der Waals surface area contributed by atoms with Crippen molar-refractivity contribution in [2.75, 3.05) is 33.5 Å². The van der Waals surface area contributed by atoms with Gasteiger partial charge in [-0.25, -0.2) is 9.59 Å². The number of nitrogens with one attached hydrogen (secondary N) is 2. The van der Waals surface area contributed by atoms with Crippen molar-refractivity contribution in [1.82, 2.24) is 10.6 Å². The molecule has 0 bridgehead atoms. The first kappa shape index (κ1) is 16.7. The van der Waals surface area contributed by atoms with Crippen molar-refractivity contribution in [2.45, 2.75) is 25.8 Å². The minimum Gasteiger partial charge on any atom is -0.480 e. The van der Waals surface area contributed by atoms with Crippen molar-refractivity contribution in [1.29, 1.82) is 0 Å². The van der Waals surface area contributed by atoms with Crippen LogP contribution in [0.25, 0.3) is 0 Å². The highest BCUT2D eigenvalue weighted by Gasteiger charge is 2.16. The van der Waals surface area contributed by atoms with E-state index in [0.29, 0.717) is 39.2 Å². The van der Waals surface area contributed by atoms with Gasteiger partial charge in [0.15, 0.2) is 0 Å². The molecule has 2 amide bonds. The molecule has 0 radical (unpaired) electrons. The fourth-order valence-corrected chi connectivity index (χ4v) is 1.17. The molecule has 106 valence electrons. The number of carbonyl (C=O) groups is 2. The Morgan fingerprint density at radius 1 is 1.28 bits per heavy atom. The lowest BCUT2D eigenvalue weighted by Crippen LogP contribution is -2.45. The monoisotopic (exact) mass is 262 g/mol. The molecule has 0 spiro atoms. The molecule has 0 aromatic heterocycles. The van der Waals surface area contributed by atoms with E-state index in [0.717, 1.165) is 0 Å². The third kappa shape index (κ3) is 8.77. The fourth-order valence-electron chi connectivity index (χ4n) is 1.17. The van der Waals surface area contributed by atoms with Crippen LogP contribution in [0.15, 0.2) is 0 Å². The number of hydrogen-bond donors (Lipinski definition) is 3. The molecule has 7 heteroatoms. The molecule has 7 nitrogen and oxygen atoms in total. The number of carboxylic acids is 1. The van der Waals surface area contributed by atoms with Gasteiger partial charge in [0, 0.05) is 20.3 Å². The highest BCUT2D eigenvalue weighted by molar-refractivity contribution is 5.82. The summed E-state index contributed by atoms with van der Waals surface area (Å²) in [5, 5.41) is 13.7. The molecular formula is C11H22N2O5. The standard InChI is InChI=1S/C11H22N2O5/c1-3-9(10(14)15)13-11(16)12-5-4-6-18-8-7-17-2/h9H,3-8H2,1-2H3,(H,14,15)(H2,12,13,16). The second-order valence-corrected chi connectivity index (χ2v) is 3.66. The zero-order valence-corrected chi connectivity index (χ0v) is 10.9. The lowest BCUT2D eigenvalue weighted by atomic mass is 10.2. The van der Waals surface area contributed by atoms with Crippen LogP contribution >= 0.6 is 0 Å². The van der Waals surface area contributed by atoms with Crippen molar-refractivity contribution in [3.63, 3.8) is 0 Å². The number of ether oxygens (including phenoxy) is 2. The van der Waals surface area contributed by atoms with Gasteiger partial charge in [-0.2, -0.15) is 0 Å². The van der Waals surface area contributed by atoms with Gasteiger partial charge in [0.1, 0.15) is 6.04 Å². The second kappa shape index (κ2) is 10.8. The van der Waals surface area contributed by atoms with Crippen LogP contribution in [-0.4, -0.2) is 56.6 Å². The molecule has 0 rings (SSSR count). The SMILES string of the molecule is CCC(NC(=O)NCCCOCCOC)C(=O)O. The Labute approximate surface area is 107 Å². The molecule has 0 aliphatic carbocycles.